The van der Waals surface area contributed by atoms with E-state index in [1.54, 1.807) is 27.3 Å². The van der Waals surface area contributed by atoms with Gasteiger partial charge in [0.1, 0.15) is 30.7 Å². The highest BCUT2D eigenvalue weighted by Gasteiger charge is 2.43. The number of esters is 1. The average molecular weight is 636 g/mol. The fourth-order valence-corrected chi connectivity index (χ4v) is 6.15. The smallest absolute Gasteiger partial charge is 0.339 e. The number of nitrogens with zero attached hydrogens (tertiary/aromatic N) is 3. The van der Waals surface area contributed by atoms with Crippen LogP contribution in [0.4, 0.5) is 0 Å². The topological polar surface area (TPSA) is 173 Å². The van der Waals surface area contributed by atoms with E-state index in [2.05, 4.69) is 10.3 Å². The summed E-state index contributed by atoms with van der Waals surface area (Å²) in [6.07, 6.45) is -3.02. The summed E-state index contributed by atoms with van der Waals surface area (Å²) in [4.78, 5) is 13.2. The van der Waals surface area contributed by atoms with Crippen LogP contribution in [0.1, 0.15) is 41.2 Å². The van der Waals surface area contributed by atoms with E-state index in [1.807, 2.05) is 30.3 Å². The Morgan fingerprint density at radius 2 is 1.70 bits per heavy atom. The highest BCUT2D eigenvalue weighted by Crippen LogP contribution is 2.49. The second-order valence-electron chi connectivity index (χ2n) is 11.3. The first-order valence-electron chi connectivity index (χ1n) is 14.8. The third-order valence-corrected chi connectivity index (χ3v) is 8.55. The van der Waals surface area contributed by atoms with Crippen molar-refractivity contribution < 1.29 is 53.3 Å². The Labute approximate surface area is 262 Å². The summed E-state index contributed by atoms with van der Waals surface area (Å²) in [7, 11) is 3.10. The molecule has 0 radical (unpaired) electrons. The maximum Gasteiger partial charge on any atom is 0.339 e. The molecule has 0 spiro atoms. The van der Waals surface area contributed by atoms with E-state index >= 15 is 0 Å². The Kier molecular flexibility index (Phi) is 7.80. The molecule has 3 aliphatic rings. The number of carbonyl (C=O) groups is 1. The molecule has 4 aromatic rings. The van der Waals surface area contributed by atoms with Gasteiger partial charge >= 0.3 is 5.97 Å². The molecule has 1 aromatic heterocycles. The Bertz CT molecular complexity index is 1810. The fraction of sp³-hybridized carbons (Fsp3) is 0.406. The number of rotatable bonds is 9. The van der Waals surface area contributed by atoms with Crippen molar-refractivity contribution in [1.29, 1.82) is 0 Å². The molecule has 46 heavy (non-hydrogen) atoms. The van der Waals surface area contributed by atoms with Crippen LogP contribution in [0.25, 0.3) is 21.9 Å². The van der Waals surface area contributed by atoms with Crippen molar-refractivity contribution in [1.82, 2.24) is 15.0 Å². The lowest BCUT2D eigenvalue weighted by Crippen LogP contribution is -2.54. The summed E-state index contributed by atoms with van der Waals surface area (Å²) in [5, 5.41) is 40.2. The number of ether oxygens (including phenoxy) is 7. The molecule has 0 amide bonds. The van der Waals surface area contributed by atoms with Gasteiger partial charge in [-0.2, -0.15) is 0 Å². The van der Waals surface area contributed by atoms with Crippen LogP contribution in [0.5, 0.6) is 28.7 Å². The number of aliphatic hydroxyl groups is 3. The van der Waals surface area contributed by atoms with Crippen molar-refractivity contribution in [2.75, 3.05) is 27.6 Å². The molecule has 0 bridgehead atoms. The lowest BCUT2D eigenvalue weighted by Gasteiger charge is -2.38. The van der Waals surface area contributed by atoms with Crippen LogP contribution in [0, 0.1) is 0 Å². The molecule has 0 unspecified atom stereocenters. The molecule has 3 aromatic carbocycles. The first-order valence-corrected chi connectivity index (χ1v) is 14.8. The van der Waals surface area contributed by atoms with Crippen molar-refractivity contribution >= 4 is 16.7 Å². The maximum atomic E-state index is 13.2. The molecular formula is C32H33N3O11. The molecule has 1 saturated heterocycles. The number of methoxy groups -OCH3 is 2. The summed E-state index contributed by atoms with van der Waals surface area (Å²) >= 11 is 0. The Hall–Kier alpha value is -4.63. The predicted molar refractivity (Wildman–Crippen MR) is 159 cm³/mol. The first kappa shape index (κ1) is 30.0. The number of hydrogen-bond donors (Lipinski definition) is 3. The zero-order valence-electron chi connectivity index (χ0n) is 25.3. The van der Waals surface area contributed by atoms with E-state index in [1.165, 1.54) is 4.68 Å². The Balaban J connectivity index is 1.18. The van der Waals surface area contributed by atoms with Crippen LogP contribution >= 0.6 is 0 Å². The minimum absolute atomic E-state index is 0.0440. The normalized spacial score (nSPS) is 23.3. The van der Waals surface area contributed by atoms with E-state index in [4.69, 9.17) is 33.2 Å². The third kappa shape index (κ3) is 5.03. The number of aromatic nitrogens is 3. The second-order valence-corrected chi connectivity index (χ2v) is 11.3. The summed E-state index contributed by atoms with van der Waals surface area (Å²) < 4.78 is 41.3. The zero-order chi connectivity index (χ0) is 32.1. The van der Waals surface area contributed by atoms with Gasteiger partial charge in [-0.3, -0.25) is 0 Å². The van der Waals surface area contributed by atoms with Crippen molar-refractivity contribution in [3.8, 4) is 39.9 Å². The highest BCUT2D eigenvalue weighted by molar-refractivity contribution is 6.14. The van der Waals surface area contributed by atoms with Gasteiger partial charge in [0, 0.05) is 16.5 Å². The number of carbonyl (C=O) groups excluding carboxylic acids is 1. The van der Waals surface area contributed by atoms with Crippen LogP contribution in [0.3, 0.4) is 0 Å². The summed E-state index contributed by atoms with van der Waals surface area (Å²) in [5.74, 6) is 2.24. The van der Waals surface area contributed by atoms with E-state index < -0.39 is 36.6 Å². The van der Waals surface area contributed by atoms with E-state index in [-0.39, 0.29) is 20.0 Å². The maximum absolute atomic E-state index is 13.2. The lowest BCUT2D eigenvalue weighted by atomic mass is 9.89. The number of benzene rings is 3. The van der Waals surface area contributed by atoms with E-state index in [9.17, 15) is 20.1 Å². The molecule has 242 valence electrons. The van der Waals surface area contributed by atoms with Crippen molar-refractivity contribution in [3.05, 3.63) is 53.3 Å². The van der Waals surface area contributed by atoms with Gasteiger partial charge in [-0.1, -0.05) is 11.3 Å². The highest BCUT2D eigenvalue weighted by atomic mass is 16.7. The molecule has 4 heterocycles. The number of cyclic esters (lactones) is 1. The molecule has 14 nitrogen and oxygen atoms in total. The molecule has 5 atom stereocenters. The van der Waals surface area contributed by atoms with E-state index in [0.29, 0.717) is 74.7 Å². The summed E-state index contributed by atoms with van der Waals surface area (Å²) in [5.41, 5.74) is 3.06. The van der Waals surface area contributed by atoms with E-state index in [0.717, 1.165) is 5.56 Å². The molecule has 0 saturated carbocycles. The average Bonchev–Trinajstić information content (AvgIpc) is 3.83. The zero-order valence-corrected chi connectivity index (χ0v) is 25.3. The minimum atomic E-state index is -1.38. The standard InChI is InChI=1S/C32H33N3O11/c1-15-27(36)28(37)29(38)31(46-15)35-12-17(33-34-35)5-4-8-42-30-19-11-23(41-3)22(40-2)10-18(19)25(26-20(30)13-43-32(26)39)16-6-7-21-24(9-16)45-14-44-21/h6-7,9-12,15,27-29,31,36-38H,4-5,8,13-14H2,1-3H3/t15-,27-,28+,29+,31-/m0/s1. The fourth-order valence-electron chi connectivity index (χ4n) is 6.15. The lowest BCUT2D eigenvalue weighted by molar-refractivity contribution is -0.243. The van der Waals surface area contributed by atoms with Gasteiger partial charge < -0.3 is 48.5 Å². The van der Waals surface area contributed by atoms with Crippen molar-refractivity contribution in [3.63, 3.8) is 0 Å². The van der Waals surface area contributed by atoms with Gasteiger partial charge in [-0.15, -0.1) is 5.10 Å². The number of fused-ring (bicyclic) bond motifs is 3. The predicted octanol–water partition coefficient (Wildman–Crippen LogP) is 2.53. The molecular weight excluding hydrogens is 602 g/mol. The SMILES string of the molecule is COc1cc2c(OCCCc3cn([C@H]4O[C@@H](C)[C@H](O)[C@@H](O)[C@H]4O)nn3)c3c(c(-c4ccc5c(c4)OCO5)c2cc1OC)C(=O)OC3. The van der Waals surface area contributed by atoms with Gasteiger partial charge in [-0.05, 0) is 55.0 Å². The number of aliphatic hydroxyl groups excluding tert-OH is 3. The van der Waals surface area contributed by atoms with Crippen molar-refractivity contribution in [2.24, 2.45) is 0 Å². The quantitative estimate of drug-likeness (QED) is 0.181. The first-order chi connectivity index (χ1) is 22.3. The molecule has 0 aliphatic carbocycles. The second kappa shape index (κ2) is 11.9. The Morgan fingerprint density at radius 3 is 2.48 bits per heavy atom. The van der Waals surface area contributed by atoms with Gasteiger partial charge in [-0.25, -0.2) is 9.48 Å². The third-order valence-electron chi connectivity index (χ3n) is 8.55. The van der Waals surface area contributed by atoms with Crippen LogP contribution in [-0.2, 0) is 22.5 Å². The molecule has 3 N–H and O–H groups in total. The minimum Gasteiger partial charge on any atom is -0.493 e. The summed E-state index contributed by atoms with van der Waals surface area (Å²) in [6.45, 7) is 2.04. The number of aryl methyl sites for hydroxylation is 1. The number of hydrogen-bond acceptors (Lipinski definition) is 13. The molecule has 1 fully saturated rings. The van der Waals surface area contributed by atoms with Crippen LogP contribution in [-0.4, -0.2) is 88.3 Å². The van der Waals surface area contributed by atoms with Gasteiger partial charge in [0.05, 0.1) is 44.4 Å². The largest absolute Gasteiger partial charge is 0.493 e. The summed E-state index contributed by atoms with van der Waals surface area (Å²) in [6, 6.07) is 9.18. The van der Waals surface area contributed by atoms with Crippen LogP contribution < -0.4 is 23.7 Å². The van der Waals surface area contributed by atoms with Gasteiger partial charge in [0.25, 0.3) is 0 Å². The van der Waals surface area contributed by atoms with Gasteiger partial charge in [0.2, 0.25) is 6.79 Å². The monoisotopic (exact) mass is 635 g/mol. The molecule has 7 rings (SSSR count). The van der Waals surface area contributed by atoms with Crippen LogP contribution in [0.2, 0.25) is 0 Å². The van der Waals surface area contributed by atoms with Crippen molar-refractivity contribution in [2.45, 2.75) is 57.0 Å². The molecule has 14 heteroatoms. The van der Waals surface area contributed by atoms with Crippen LogP contribution in [0.15, 0.2) is 36.5 Å². The Morgan fingerprint density at radius 1 is 0.935 bits per heavy atom. The van der Waals surface area contributed by atoms with Gasteiger partial charge in [0.15, 0.2) is 29.2 Å². The molecule has 3 aliphatic heterocycles.